The van der Waals surface area contributed by atoms with E-state index in [4.69, 9.17) is 9.47 Å². The van der Waals surface area contributed by atoms with Gasteiger partial charge in [0, 0.05) is 19.7 Å². The largest absolute Gasteiger partial charge is 0.461 e. The van der Waals surface area contributed by atoms with Crippen LogP contribution in [0.4, 0.5) is 0 Å². The van der Waals surface area contributed by atoms with Crippen LogP contribution in [0.3, 0.4) is 0 Å². The first-order chi connectivity index (χ1) is 7.11. The molecule has 1 aromatic heterocycles. The molecular formula is C9H13BrN2O3. The molecule has 6 heteroatoms. The second-order valence-corrected chi connectivity index (χ2v) is 3.65. The maximum absolute atomic E-state index is 11.5. The van der Waals surface area contributed by atoms with Gasteiger partial charge in [0.15, 0.2) is 5.69 Å². The Bertz CT molecular complexity index is 362. The standard InChI is InChI=1S/C9H13BrN2O3/c1-4-15-9(13)7-6(5-14-3)8(10)12(2)11-7/h4-5H2,1-3H3. The molecule has 0 amide bonds. The van der Waals surface area contributed by atoms with Crippen LogP contribution < -0.4 is 0 Å². The molecule has 0 aliphatic rings. The third kappa shape index (κ3) is 2.57. The fourth-order valence-corrected chi connectivity index (χ4v) is 1.56. The van der Waals surface area contributed by atoms with Gasteiger partial charge in [-0.2, -0.15) is 5.10 Å². The summed E-state index contributed by atoms with van der Waals surface area (Å²) in [5, 5.41) is 4.06. The van der Waals surface area contributed by atoms with Gasteiger partial charge in [0.25, 0.3) is 0 Å². The predicted molar refractivity (Wildman–Crippen MR) is 57.6 cm³/mol. The zero-order valence-corrected chi connectivity index (χ0v) is 10.5. The van der Waals surface area contributed by atoms with E-state index < -0.39 is 5.97 Å². The van der Waals surface area contributed by atoms with Crippen molar-refractivity contribution >= 4 is 21.9 Å². The number of esters is 1. The van der Waals surface area contributed by atoms with Crippen molar-refractivity contribution in [2.45, 2.75) is 13.5 Å². The number of hydrogen-bond donors (Lipinski definition) is 0. The van der Waals surface area contributed by atoms with Crippen molar-refractivity contribution < 1.29 is 14.3 Å². The number of halogens is 1. The first-order valence-corrected chi connectivity index (χ1v) is 5.28. The lowest BCUT2D eigenvalue weighted by Gasteiger charge is -2.01. The van der Waals surface area contributed by atoms with E-state index in [2.05, 4.69) is 21.0 Å². The number of aryl methyl sites for hydroxylation is 1. The van der Waals surface area contributed by atoms with Gasteiger partial charge in [-0.15, -0.1) is 0 Å². The Morgan fingerprint density at radius 1 is 1.60 bits per heavy atom. The van der Waals surface area contributed by atoms with Gasteiger partial charge >= 0.3 is 5.97 Å². The van der Waals surface area contributed by atoms with Gasteiger partial charge < -0.3 is 9.47 Å². The first-order valence-electron chi connectivity index (χ1n) is 4.49. The minimum Gasteiger partial charge on any atom is -0.461 e. The topological polar surface area (TPSA) is 53.3 Å². The van der Waals surface area contributed by atoms with E-state index in [0.717, 1.165) is 4.60 Å². The number of aromatic nitrogens is 2. The molecule has 1 rings (SSSR count). The van der Waals surface area contributed by atoms with Crippen LogP contribution in [0.25, 0.3) is 0 Å². The molecule has 0 bridgehead atoms. The third-order valence-electron chi connectivity index (χ3n) is 1.83. The van der Waals surface area contributed by atoms with Crippen LogP contribution in [0.15, 0.2) is 4.60 Å². The molecule has 5 nitrogen and oxygen atoms in total. The summed E-state index contributed by atoms with van der Waals surface area (Å²) in [6, 6.07) is 0. The van der Waals surface area contributed by atoms with Crippen molar-refractivity contribution in [3.63, 3.8) is 0 Å². The Labute approximate surface area is 96.5 Å². The highest BCUT2D eigenvalue weighted by Gasteiger charge is 2.21. The summed E-state index contributed by atoms with van der Waals surface area (Å²) in [6.07, 6.45) is 0. The number of hydrogen-bond acceptors (Lipinski definition) is 4. The Balaban J connectivity index is 3.05. The zero-order chi connectivity index (χ0) is 11.4. The van der Waals surface area contributed by atoms with Crippen molar-refractivity contribution in [3.05, 3.63) is 15.9 Å². The average molecular weight is 277 g/mol. The lowest BCUT2D eigenvalue weighted by atomic mass is 10.2. The highest BCUT2D eigenvalue weighted by Crippen LogP contribution is 2.21. The smallest absolute Gasteiger partial charge is 0.359 e. The Morgan fingerprint density at radius 3 is 2.80 bits per heavy atom. The SMILES string of the molecule is CCOC(=O)c1nn(C)c(Br)c1COC. The predicted octanol–water partition coefficient (Wildman–Crippen LogP) is 1.51. The molecule has 15 heavy (non-hydrogen) atoms. The molecule has 0 N–H and O–H groups in total. The van der Waals surface area contributed by atoms with Gasteiger partial charge in [-0.1, -0.05) is 0 Å². The molecule has 84 valence electrons. The molecule has 1 aromatic rings. The fourth-order valence-electron chi connectivity index (χ4n) is 1.18. The summed E-state index contributed by atoms with van der Waals surface area (Å²) >= 11 is 3.33. The summed E-state index contributed by atoms with van der Waals surface area (Å²) in [5.74, 6) is -0.425. The van der Waals surface area contributed by atoms with Crippen LogP contribution in [0.5, 0.6) is 0 Å². The van der Waals surface area contributed by atoms with Crippen LogP contribution >= 0.6 is 15.9 Å². The van der Waals surface area contributed by atoms with Gasteiger partial charge in [-0.3, -0.25) is 4.68 Å². The highest BCUT2D eigenvalue weighted by molar-refractivity contribution is 9.10. The molecule has 0 unspecified atom stereocenters. The first kappa shape index (κ1) is 12.2. The van der Waals surface area contributed by atoms with E-state index in [1.807, 2.05) is 0 Å². The fraction of sp³-hybridized carbons (Fsp3) is 0.556. The van der Waals surface area contributed by atoms with Gasteiger partial charge in [0.1, 0.15) is 4.60 Å². The van der Waals surface area contributed by atoms with E-state index in [-0.39, 0.29) is 0 Å². The highest BCUT2D eigenvalue weighted by atomic mass is 79.9. The number of carbonyl (C=O) groups excluding carboxylic acids is 1. The van der Waals surface area contributed by atoms with Crippen LogP contribution in [-0.2, 0) is 23.1 Å². The van der Waals surface area contributed by atoms with E-state index in [1.54, 1.807) is 25.8 Å². The Kier molecular flexibility index (Phi) is 4.28. The number of carbonyl (C=O) groups is 1. The molecule has 0 fully saturated rings. The van der Waals surface area contributed by atoms with Crippen molar-refractivity contribution in [1.29, 1.82) is 0 Å². The van der Waals surface area contributed by atoms with E-state index >= 15 is 0 Å². The zero-order valence-electron chi connectivity index (χ0n) is 8.91. The second-order valence-electron chi connectivity index (χ2n) is 2.90. The maximum atomic E-state index is 11.5. The number of nitrogens with zero attached hydrogens (tertiary/aromatic N) is 2. The van der Waals surface area contributed by atoms with Crippen molar-refractivity contribution in [1.82, 2.24) is 9.78 Å². The normalized spacial score (nSPS) is 10.4. The summed E-state index contributed by atoms with van der Waals surface area (Å²) < 4.78 is 12.2. The number of rotatable bonds is 4. The average Bonchev–Trinajstić information content (AvgIpc) is 2.47. The minimum absolute atomic E-state index is 0.299. The monoisotopic (exact) mass is 276 g/mol. The molecule has 0 radical (unpaired) electrons. The van der Waals surface area contributed by atoms with Crippen LogP contribution in [-0.4, -0.2) is 29.5 Å². The number of methoxy groups -OCH3 is 1. The maximum Gasteiger partial charge on any atom is 0.359 e. The molecule has 0 spiro atoms. The lowest BCUT2D eigenvalue weighted by molar-refractivity contribution is 0.0514. The lowest BCUT2D eigenvalue weighted by Crippen LogP contribution is -2.08. The van der Waals surface area contributed by atoms with Gasteiger partial charge in [-0.25, -0.2) is 4.79 Å². The Morgan fingerprint density at radius 2 is 2.27 bits per heavy atom. The molecule has 0 aliphatic heterocycles. The van der Waals surface area contributed by atoms with Crippen LogP contribution in [0.2, 0.25) is 0 Å². The molecule has 1 heterocycles. The molecule has 0 saturated carbocycles. The van der Waals surface area contributed by atoms with Crippen molar-refractivity contribution in [3.8, 4) is 0 Å². The molecule has 0 aliphatic carbocycles. The summed E-state index contributed by atoms with van der Waals surface area (Å²) in [7, 11) is 3.31. The Hall–Kier alpha value is -0.880. The molecule has 0 atom stereocenters. The number of ether oxygens (including phenoxy) is 2. The molecular weight excluding hydrogens is 264 g/mol. The van der Waals surface area contributed by atoms with Gasteiger partial charge in [0.05, 0.1) is 13.2 Å². The van der Waals surface area contributed by atoms with Crippen molar-refractivity contribution in [2.75, 3.05) is 13.7 Å². The van der Waals surface area contributed by atoms with Crippen molar-refractivity contribution in [2.24, 2.45) is 7.05 Å². The second kappa shape index (κ2) is 5.27. The summed E-state index contributed by atoms with van der Waals surface area (Å²) in [5.41, 5.74) is 1.01. The van der Waals surface area contributed by atoms with Gasteiger partial charge in [0.2, 0.25) is 0 Å². The van der Waals surface area contributed by atoms with Crippen LogP contribution in [0.1, 0.15) is 23.0 Å². The molecule has 0 saturated heterocycles. The van der Waals surface area contributed by atoms with Crippen LogP contribution in [0, 0.1) is 0 Å². The molecule has 0 aromatic carbocycles. The summed E-state index contributed by atoms with van der Waals surface area (Å²) in [4.78, 5) is 11.5. The van der Waals surface area contributed by atoms with E-state index in [9.17, 15) is 4.79 Å². The minimum atomic E-state index is -0.425. The van der Waals surface area contributed by atoms with E-state index in [1.165, 1.54) is 0 Å². The third-order valence-corrected chi connectivity index (χ3v) is 2.82. The quantitative estimate of drug-likeness (QED) is 0.783. The van der Waals surface area contributed by atoms with Gasteiger partial charge in [-0.05, 0) is 22.9 Å². The van der Waals surface area contributed by atoms with E-state index in [0.29, 0.717) is 24.5 Å². The summed E-state index contributed by atoms with van der Waals surface area (Å²) in [6.45, 7) is 2.41.